The van der Waals surface area contributed by atoms with Crippen LogP contribution >= 0.6 is 0 Å². The van der Waals surface area contributed by atoms with E-state index < -0.39 is 0 Å². The average Bonchev–Trinajstić information content (AvgIpc) is 2.16. The molecule has 92 valence electrons. The van der Waals surface area contributed by atoms with Gasteiger partial charge in [-0.3, -0.25) is 0 Å². The molecule has 1 heteroatoms. The van der Waals surface area contributed by atoms with Gasteiger partial charge >= 0.3 is 0 Å². The number of hydrogen-bond acceptors (Lipinski definition) is 1. The molecule has 0 saturated carbocycles. The summed E-state index contributed by atoms with van der Waals surface area (Å²) in [4.78, 5) is 0. The third-order valence-electron chi connectivity index (χ3n) is 3.65. The van der Waals surface area contributed by atoms with E-state index in [0.29, 0.717) is 11.8 Å². The highest BCUT2D eigenvalue weighted by Crippen LogP contribution is 2.26. The largest absolute Gasteiger partial charge is 0.389 e. The van der Waals surface area contributed by atoms with Crippen LogP contribution in [0, 0.1) is 11.8 Å². The van der Waals surface area contributed by atoms with Gasteiger partial charge in [-0.15, -0.1) is 0 Å². The number of rotatable bonds is 1. The van der Waals surface area contributed by atoms with Crippen LogP contribution in [0.4, 0.5) is 0 Å². The van der Waals surface area contributed by atoms with E-state index in [1.165, 1.54) is 11.1 Å². The molecule has 0 aliphatic heterocycles. The summed E-state index contributed by atoms with van der Waals surface area (Å²) < 4.78 is 0. The minimum Gasteiger partial charge on any atom is -0.389 e. The average molecular weight is 222 g/mol. The summed E-state index contributed by atoms with van der Waals surface area (Å²) in [7, 11) is 0. The van der Waals surface area contributed by atoms with E-state index in [2.05, 4.69) is 39.8 Å². The molecule has 1 aliphatic carbocycles. The van der Waals surface area contributed by atoms with Crippen LogP contribution in [0.5, 0.6) is 0 Å². The SMILES string of the molecule is C/C1=C/C(O)C(C(C)C)CC/C(C)=C\CC1. The Morgan fingerprint density at radius 2 is 1.88 bits per heavy atom. The van der Waals surface area contributed by atoms with Gasteiger partial charge in [0.15, 0.2) is 0 Å². The standard InChI is InChI=1S/C15H26O/c1-11(2)14-9-8-12(3)6-5-7-13(4)10-15(14)16/h6,10-11,14-16H,5,7-9H2,1-4H3/b12-6-,13-10-. The number of aliphatic hydroxyl groups is 1. The summed E-state index contributed by atoms with van der Waals surface area (Å²) in [5.74, 6) is 0.947. The van der Waals surface area contributed by atoms with E-state index in [1.54, 1.807) is 0 Å². The van der Waals surface area contributed by atoms with Gasteiger partial charge in [0.05, 0.1) is 6.10 Å². The molecule has 1 rings (SSSR count). The lowest BCUT2D eigenvalue weighted by atomic mass is 9.83. The molecule has 0 aromatic heterocycles. The summed E-state index contributed by atoms with van der Waals surface area (Å²) in [6.07, 6.45) is 8.60. The third-order valence-corrected chi connectivity index (χ3v) is 3.65. The van der Waals surface area contributed by atoms with Crippen LogP contribution in [0.3, 0.4) is 0 Å². The summed E-state index contributed by atoms with van der Waals surface area (Å²) in [6.45, 7) is 8.76. The van der Waals surface area contributed by atoms with Gasteiger partial charge in [-0.25, -0.2) is 0 Å². The molecule has 0 spiro atoms. The Morgan fingerprint density at radius 1 is 1.19 bits per heavy atom. The fraction of sp³-hybridized carbons (Fsp3) is 0.733. The Balaban J connectivity index is 2.81. The van der Waals surface area contributed by atoms with Crippen molar-refractivity contribution in [3.05, 3.63) is 23.3 Å². The third kappa shape index (κ3) is 4.13. The van der Waals surface area contributed by atoms with Crippen molar-refractivity contribution in [2.24, 2.45) is 11.8 Å². The molecule has 0 bridgehead atoms. The summed E-state index contributed by atoms with van der Waals surface area (Å²) in [5, 5.41) is 10.2. The second kappa shape index (κ2) is 6.24. The number of aliphatic hydroxyl groups excluding tert-OH is 1. The highest BCUT2D eigenvalue weighted by molar-refractivity contribution is 5.08. The first-order chi connectivity index (χ1) is 7.50. The quantitative estimate of drug-likeness (QED) is 0.663. The van der Waals surface area contributed by atoms with Gasteiger partial charge < -0.3 is 5.11 Å². The lowest BCUT2D eigenvalue weighted by molar-refractivity contribution is 0.115. The molecule has 0 aromatic rings. The van der Waals surface area contributed by atoms with E-state index in [1.807, 2.05) is 0 Å². The molecule has 16 heavy (non-hydrogen) atoms. The second-order valence-corrected chi connectivity index (χ2v) is 5.54. The molecule has 0 saturated heterocycles. The molecular weight excluding hydrogens is 196 g/mol. The van der Waals surface area contributed by atoms with Gasteiger partial charge in [0, 0.05) is 0 Å². The highest BCUT2D eigenvalue weighted by Gasteiger charge is 2.21. The molecule has 0 heterocycles. The maximum atomic E-state index is 10.2. The van der Waals surface area contributed by atoms with Crippen LogP contribution in [0.2, 0.25) is 0 Å². The van der Waals surface area contributed by atoms with Gasteiger partial charge in [0.25, 0.3) is 0 Å². The topological polar surface area (TPSA) is 20.2 Å². The van der Waals surface area contributed by atoms with Crippen molar-refractivity contribution < 1.29 is 5.11 Å². The molecule has 2 atom stereocenters. The Hall–Kier alpha value is -0.560. The van der Waals surface area contributed by atoms with Crippen LogP contribution in [0.25, 0.3) is 0 Å². The number of hydrogen-bond donors (Lipinski definition) is 1. The van der Waals surface area contributed by atoms with Crippen LogP contribution in [0.15, 0.2) is 23.3 Å². The fourth-order valence-electron chi connectivity index (χ4n) is 2.44. The van der Waals surface area contributed by atoms with Crippen molar-refractivity contribution >= 4 is 0 Å². The maximum Gasteiger partial charge on any atom is 0.0754 e. The van der Waals surface area contributed by atoms with Gasteiger partial charge in [-0.1, -0.05) is 37.1 Å². The predicted octanol–water partition coefficient (Wildman–Crippen LogP) is 4.09. The first kappa shape index (κ1) is 13.5. The summed E-state index contributed by atoms with van der Waals surface area (Å²) >= 11 is 0. The molecule has 0 amide bonds. The van der Waals surface area contributed by atoms with Gasteiger partial charge in [-0.2, -0.15) is 0 Å². The molecule has 2 unspecified atom stereocenters. The molecule has 1 aliphatic rings. The maximum absolute atomic E-state index is 10.2. The van der Waals surface area contributed by atoms with Crippen LogP contribution in [-0.2, 0) is 0 Å². The molecule has 1 N–H and O–H groups in total. The summed E-state index contributed by atoms with van der Waals surface area (Å²) in [6, 6.07) is 0. The van der Waals surface area contributed by atoms with Gasteiger partial charge in [-0.05, 0) is 51.4 Å². The lowest BCUT2D eigenvalue weighted by Crippen LogP contribution is -2.24. The first-order valence-corrected chi connectivity index (χ1v) is 6.51. The van der Waals surface area contributed by atoms with Crippen molar-refractivity contribution in [2.75, 3.05) is 0 Å². The van der Waals surface area contributed by atoms with Crippen molar-refractivity contribution in [1.82, 2.24) is 0 Å². The Bertz CT molecular complexity index is 273. The van der Waals surface area contributed by atoms with Gasteiger partial charge in [0.2, 0.25) is 0 Å². The van der Waals surface area contributed by atoms with E-state index >= 15 is 0 Å². The fourth-order valence-corrected chi connectivity index (χ4v) is 2.44. The highest BCUT2D eigenvalue weighted by atomic mass is 16.3. The van der Waals surface area contributed by atoms with Crippen molar-refractivity contribution in [2.45, 2.75) is 59.5 Å². The van der Waals surface area contributed by atoms with E-state index in [4.69, 9.17) is 0 Å². The Kier molecular flexibility index (Phi) is 5.27. The molecule has 0 radical (unpaired) electrons. The zero-order valence-electron chi connectivity index (χ0n) is 11.2. The molecular formula is C15H26O. The monoisotopic (exact) mass is 222 g/mol. The molecule has 1 nitrogen and oxygen atoms in total. The van der Waals surface area contributed by atoms with E-state index in [0.717, 1.165) is 25.7 Å². The zero-order valence-corrected chi connectivity index (χ0v) is 11.2. The normalized spacial score (nSPS) is 35.1. The van der Waals surface area contributed by atoms with Crippen molar-refractivity contribution in [3.8, 4) is 0 Å². The zero-order chi connectivity index (χ0) is 12.1. The van der Waals surface area contributed by atoms with Crippen LogP contribution in [-0.4, -0.2) is 11.2 Å². The smallest absolute Gasteiger partial charge is 0.0754 e. The first-order valence-electron chi connectivity index (χ1n) is 6.51. The van der Waals surface area contributed by atoms with Crippen molar-refractivity contribution in [1.29, 1.82) is 0 Å². The summed E-state index contributed by atoms with van der Waals surface area (Å²) in [5.41, 5.74) is 2.80. The predicted molar refractivity (Wildman–Crippen MR) is 70.3 cm³/mol. The second-order valence-electron chi connectivity index (χ2n) is 5.54. The van der Waals surface area contributed by atoms with Crippen LogP contribution < -0.4 is 0 Å². The molecule has 0 fully saturated rings. The number of allylic oxidation sites excluding steroid dienone is 3. The Labute approximate surface area is 100 Å². The van der Waals surface area contributed by atoms with E-state index in [-0.39, 0.29) is 6.10 Å². The Morgan fingerprint density at radius 3 is 2.50 bits per heavy atom. The molecule has 0 aromatic carbocycles. The van der Waals surface area contributed by atoms with Gasteiger partial charge in [0.1, 0.15) is 0 Å². The minimum absolute atomic E-state index is 0.258. The minimum atomic E-state index is -0.258. The van der Waals surface area contributed by atoms with Crippen molar-refractivity contribution in [3.63, 3.8) is 0 Å². The van der Waals surface area contributed by atoms with Crippen LogP contribution in [0.1, 0.15) is 53.4 Å². The van der Waals surface area contributed by atoms with E-state index in [9.17, 15) is 5.11 Å². The lowest BCUT2D eigenvalue weighted by Gasteiger charge is -2.26.